The second-order valence-corrected chi connectivity index (χ2v) is 7.91. The molecule has 0 spiro atoms. The van der Waals surface area contributed by atoms with Crippen LogP contribution in [0.5, 0.6) is 0 Å². The second-order valence-electron chi connectivity index (χ2n) is 7.91. The molecule has 2 fully saturated rings. The Hall–Kier alpha value is -1.87. The number of fused-ring (bicyclic) bond motifs is 1. The minimum atomic E-state index is -0.127. The van der Waals surface area contributed by atoms with Crippen LogP contribution in [0.15, 0.2) is 47.1 Å². The summed E-state index contributed by atoms with van der Waals surface area (Å²) >= 11 is 0. The van der Waals surface area contributed by atoms with Crippen LogP contribution in [-0.2, 0) is 14.9 Å². The van der Waals surface area contributed by atoms with Crippen molar-refractivity contribution >= 4 is 5.97 Å². The van der Waals surface area contributed by atoms with Crippen LogP contribution in [0.25, 0.3) is 0 Å². The number of allylic oxidation sites excluding steroid dienone is 1. The highest BCUT2D eigenvalue weighted by Crippen LogP contribution is 2.58. The molecule has 0 radical (unpaired) electrons. The summed E-state index contributed by atoms with van der Waals surface area (Å²) in [5.41, 5.74) is 6.35. The van der Waals surface area contributed by atoms with E-state index in [9.17, 15) is 4.79 Å². The van der Waals surface area contributed by atoms with Gasteiger partial charge in [0.2, 0.25) is 0 Å². The predicted octanol–water partition coefficient (Wildman–Crippen LogP) is 4.17. The summed E-state index contributed by atoms with van der Waals surface area (Å²) < 4.78 is 5.29. The summed E-state index contributed by atoms with van der Waals surface area (Å²) in [6, 6.07) is 9.25. The van der Waals surface area contributed by atoms with Gasteiger partial charge in [-0.2, -0.15) is 0 Å². The molecule has 26 heavy (non-hydrogen) atoms. The number of rotatable bonds is 3. The molecule has 3 nitrogen and oxygen atoms in total. The average molecular weight is 351 g/mol. The number of carbonyl (C=O) groups excluding carboxylic acids is 1. The van der Waals surface area contributed by atoms with Crippen molar-refractivity contribution in [2.24, 2.45) is 5.92 Å². The molecular formula is C23H29NO2. The quantitative estimate of drug-likeness (QED) is 0.605. The summed E-state index contributed by atoms with van der Waals surface area (Å²) in [7, 11) is 1.52. The van der Waals surface area contributed by atoms with Crippen molar-refractivity contribution in [1.82, 2.24) is 4.90 Å². The molecule has 1 aromatic carbocycles. The van der Waals surface area contributed by atoms with E-state index in [1.807, 2.05) is 0 Å². The molecule has 0 amide bonds. The van der Waals surface area contributed by atoms with Gasteiger partial charge in [0.15, 0.2) is 0 Å². The third-order valence-corrected chi connectivity index (χ3v) is 7.06. The number of piperidine rings is 1. The van der Waals surface area contributed by atoms with Crippen molar-refractivity contribution < 1.29 is 9.53 Å². The lowest BCUT2D eigenvalue weighted by molar-refractivity contribution is -0.137. The van der Waals surface area contributed by atoms with Crippen LogP contribution in [0, 0.1) is 12.8 Å². The van der Waals surface area contributed by atoms with Crippen LogP contribution < -0.4 is 0 Å². The van der Waals surface area contributed by atoms with Gasteiger partial charge in [-0.1, -0.05) is 42.8 Å². The highest BCUT2D eigenvalue weighted by atomic mass is 16.5. The van der Waals surface area contributed by atoms with Crippen LogP contribution in [0.2, 0.25) is 0 Å². The standard InChI is InChI=1S/C23H29NO2/c1-5-16-14-24-12-11-23(19-10-8-7-9-15(19)3)18(6-2)21(22(25)26-4)17(16)13-20(23)24/h5,7-10,17,20H,6,11-14H2,1-4H3/b16-5-/t17?,20-,23?/m0/s1. The lowest BCUT2D eigenvalue weighted by Gasteiger charge is -2.51. The Morgan fingerprint density at radius 2 is 2.15 bits per heavy atom. The van der Waals surface area contributed by atoms with Crippen molar-refractivity contribution in [2.75, 3.05) is 20.2 Å². The first kappa shape index (κ1) is 17.5. The summed E-state index contributed by atoms with van der Waals surface area (Å²) in [5, 5.41) is 0. The van der Waals surface area contributed by atoms with E-state index in [2.05, 4.69) is 56.0 Å². The van der Waals surface area contributed by atoms with Crippen LogP contribution in [0.4, 0.5) is 0 Å². The number of benzene rings is 1. The van der Waals surface area contributed by atoms with E-state index in [0.29, 0.717) is 6.04 Å². The van der Waals surface area contributed by atoms with Crippen molar-refractivity contribution in [1.29, 1.82) is 0 Å². The molecule has 2 aliphatic heterocycles. The molecule has 3 aliphatic rings. The maximum Gasteiger partial charge on any atom is 0.334 e. The van der Waals surface area contributed by atoms with E-state index in [4.69, 9.17) is 4.74 Å². The van der Waals surface area contributed by atoms with Gasteiger partial charge in [-0.25, -0.2) is 4.79 Å². The van der Waals surface area contributed by atoms with Gasteiger partial charge in [0.25, 0.3) is 0 Å². The van der Waals surface area contributed by atoms with Gasteiger partial charge < -0.3 is 4.74 Å². The van der Waals surface area contributed by atoms with Gasteiger partial charge in [-0.05, 0) is 49.8 Å². The number of hydrogen-bond donors (Lipinski definition) is 0. The fourth-order valence-electron chi connectivity index (χ4n) is 6.04. The zero-order chi connectivity index (χ0) is 18.5. The molecule has 0 N–H and O–H groups in total. The SMILES string of the molecule is C/C=C1/CN2CCC3(c4ccccc4C)C(CC)=C(C(=O)OC)C1C[C@H]23. The van der Waals surface area contributed by atoms with Crippen molar-refractivity contribution in [2.45, 2.75) is 51.5 Å². The zero-order valence-corrected chi connectivity index (χ0v) is 16.3. The van der Waals surface area contributed by atoms with Crippen LogP contribution in [0.3, 0.4) is 0 Å². The van der Waals surface area contributed by atoms with Crippen molar-refractivity contribution in [3.8, 4) is 0 Å². The van der Waals surface area contributed by atoms with Gasteiger partial charge in [0.1, 0.15) is 0 Å². The highest BCUT2D eigenvalue weighted by molar-refractivity contribution is 5.92. The smallest absolute Gasteiger partial charge is 0.334 e. The van der Waals surface area contributed by atoms with E-state index in [-0.39, 0.29) is 17.3 Å². The lowest BCUT2D eigenvalue weighted by Crippen LogP contribution is -2.54. The third-order valence-electron chi connectivity index (χ3n) is 7.06. The molecular weight excluding hydrogens is 322 g/mol. The number of methoxy groups -OCH3 is 1. The topological polar surface area (TPSA) is 29.5 Å². The number of nitrogens with zero attached hydrogens (tertiary/aromatic N) is 1. The molecule has 2 heterocycles. The zero-order valence-electron chi connectivity index (χ0n) is 16.3. The number of ether oxygens (including phenoxy) is 1. The average Bonchev–Trinajstić information content (AvgIpc) is 3.07. The van der Waals surface area contributed by atoms with Gasteiger partial charge >= 0.3 is 5.97 Å². The molecule has 3 heteroatoms. The van der Waals surface area contributed by atoms with Crippen LogP contribution in [0.1, 0.15) is 44.2 Å². The molecule has 3 atom stereocenters. The van der Waals surface area contributed by atoms with E-state index in [1.165, 1.54) is 29.4 Å². The second kappa shape index (κ2) is 6.38. The molecule has 4 rings (SSSR count). The molecule has 1 aliphatic carbocycles. The van der Waals surface area contributed by atoms with Crippen LogP contribution in [-0.4, -0.2) is 37.1 Å². The first-order valence-corrected chi connectivity index (χ1v) is 9.85. The fraction of sp³-hybridized carbons (Fsp3) is 0.522. The molecule has 0 saturated carbocycles. The number of hydrogen-bond acceptors (Lipinski definition) is 3. The van der Waals surface area contributed by atoms with Crippen molar-refractivity contribution in [3.63, 3.8) is 0 Å². The largest absolute Gasteiger partial charge is 0.466 e. The highest BCUT2D eigenvalue weighted by Gasteiger charge is 2.58. The Morgan fingerprint density at radius 3 is 2.81 bits per heavy atom. The first-order chi connectivity index (χ1) is 12.6. The number of esters is 1. The third kappa shape index (κ3) is 2.19. The van der Waals surface area contributed by atoms with Gasteiger partial charge in [-0.3, -0.25) is 4.90 Å². The molecule has 2 unspecified atom stereocenters. The fourth-order valence-corrected chi connectivity index (χ4v) is 6.04. The van der Waals surface area contributed by atoms with Gasteiger partial charge in [-0.15, -0.1) is 0 Å². The van der Waals surface area contributed by atoms with Crippen molar-refractivity contribution in [3.05, 3.63) is 58.2 Å². The minimum Gasteiger partial charge on any atom is -0.466 e. The Labute approximate surface area is 156 Å². The van der Waals surface area contributed by atoms with Gasteiger partial charge in [0.05, 0.1) is 7.11 Å². The maximum atomic E-state index is 12.9. The molecule has 1 aromatic rings. The summed E-state index contributed by atoms with van der Waals surface area (Å²) in [6.45, 7) is 8.61. The summed E-state index contributed by atoms with van der Waals surface area (Å²) in [6.07, 6.45) is 5.24. The van der Waals surface area contributed by atoms with Crippen LogP contribution >= 0.6 is 0 Å². The molecule has 2 saturated heterocycles. The van der Waals surface area contributed by atoms with E-state index < -0.39 is 0 Å². The Bertz CT molecular complexity index is 806. The first-order valence-electron chi connectivity index (χ1n) is 9.85. The molecule has 138 valence electrons. The van der Waals surface area contributed by atoms with E-state index >= 15 is 0 Å². The lowest BCUT2D eigenvalue weighted by atomic mass is 9.57. The minimum absolute atomic E-state index is 0.0423. The number of aryl methyl sites for hydroxylation is 1. The predicted molar refractivity (Wildman–Crippen MR) is 104 cm³/mol. The van der Waals surface area contributed by atoms with Gasteiger partial charge in [0, 0.05) is 36.0 Å². The van der Waals surface area contributed by atoms with E-state index in [0.717, 1.165) is 37.9 Å². The monoisotopic (exact) mass is 351 g/mol. The summed E-state index contributed by atoms with van der Waals surface area (Å²) in [5.74, 6) is 0.0943. The maximum absolute atomic E-state index is 12.9. The van der Waals surface area contributed by atoms with E-state index in [1.54, 1.807) is 0 Å². The number of carbonyl (C=O) groups is 1. The molecule has 0 aromatic heterocycles. The summed E-state index contributed by atoms with van der Waals surface area (Å²) in [4.78, 5) is 15.6. The molecule has 2 bridgehead atoms. The Morgan fingerprint density at radius 1 is 1.38 bits per heavy atom. The Balaban J connectivity index is 2.03. The normalized spacial score (nSPS) is 32.2. The Kier molecular flexibility index (Phi) is 4.31.